The molecule has 0 unspecified atom stereocenters. The van der Waals surface area contributed by atoms with Gasteiger partial charge in [0.05, 0.1) is 0 Å². The quantitative estimate of drug-likeness (QED) is 0.583. The average molecular weight is 164 g/mol. The maximum Gasteiger partial charge on any atom is 0.116 e. The molecule has 0 aliphatic heterocycles. The van der Waals surface area contributed by atoms with Crippen molar-refractivity contribution in [1.29, 1.82) is 0 Å². The first-order chi connectivity index (χ1) is 5.72. The maximum absolute atomic E-state index is 8.81. The third kappa shape index (κ3) is 4.67. The monoisotopic (exact) mass is 164 g/mol. The maximum atomic E-state index is 8.81. The van der Waals surface area contributed by atoms with E-state index in [1.165, 1.54) is 12.5 Å². The molecule has 0 spiro atoms. The van der Waals surface area contributed by atoms with Crippen LogP contribution in [0.3, 0.4) is 0 Å². The van der Waals surface area contributed by atoms with Crippen LogP contribution in [0.1, 0.15) is 32.3 Å². The molecule has 1 rings (SSSR count). The van der Waals surface area contributed by atoms with E-state index >= 15 is 0 Å². The highest BCUT2D eigenvalue weighted by molar-refractivity contribution is 5.44. The van der Waals surface area contributed by atoms with E-state index in [4.69, 9.17) is 4.79 Å². The summed E-state index contributed by atoms with van der Waals surface area (Å²) in [6.07, 6.45) is 0.750. The van der Waals surface area contributed by atoms with Gasteiger partial charge in [0.1, 0.15) is 6.29 Å². The molecule has 0 atom stereocenters. The molecule has 0 heterocycles. The number of aldehydes is 1. The molecule has 0 saturated carbocycles. The molecule has 0 N–H and O–H groups in total. The van der Waals surface area contributed by atoms with E-state index in [0.717, 1.165) is 6.29 Å². The Bertz CT molecular complexity index is 202. The van der Waals surface area contributed by atoms with Crippen molar-refractivity contribution in [2.24, 2.45) is 0 Å². The van der Waals surface area contributed by atoms with Crippen LogP contribution in [0.5, 0.6) is 0 Å². The molecule has 1 aromatic carbocycles. The lowest BCUT2D eigenvalue weighted by Gasteiger charge is -2.01. The number of benzene rings is 1. The van der Waals surface area contributed by atoms with E-state index in [1.54, 1.807) is 0 Å². The molecule has 0 fully saturated rings. The van der Waals surface area contributed by atoms with Gasteiger partial charge in [-0.3, -0.25) is 0 Å². The highest BCUT2D eigenvalue weighted by Crippen LogP contribution is 2.11. The number of hydrogen-bond donors (Lipinski definition) is 0. The van der Waals surface area contributed by atoms with Gasteiger partial charge in [0.2, 0.25) is 0 Å². The van der Waals surface area contributed by atoms with Gasteiger partial charge >= 0.3 is 0 Å². The lowest BCUT2D eigenvalue weighted by Crippen LogP contribution is -1.83. The van der Waals surface area contributed by atoms with Crippen molar-refractivity contribution in [3.05, 3.63) is 35.9 Å². The fourth-order valence-corrected chi connectivity index (χ4v) is 0.838. The average Bonchev–Trinajstić information content (AvgIpc) is 2.07. The lowest BCUT2D eigenvalue weighted by molar-refractivity contribution is -0.106. The van der Waals surface area contributed by atoms with Crippen molar-refractivity contribution >= 4 is 6.29 Å². The Morgan fingerprint density at radius 2 is 1.58 bits per heavy atom. The Balaban J connectivity index is 0.000000354. The fourth-order valence-electron chi connectivity index (χ4n) is 0.838. The van der Waals surface area contributed by atoms with Crippen molar-refractivity contribution in [1.82, 2.24) is 0 Å². The molecule has 0 bridgehead atoms. The van der Waals surface area contributed by atoms with Gasteiger partial charge in [-0.05, 0) is 18.4 Å². The second-order valence-electron chi connectivity index (χ2n) is 2.80. The third-order valence-electron chi connectivity index (χ3n) is 1.47. The SMILES string of the molecule is CC(C)c1ccccc1.CC=O. The first-order valence-corrected chi connectivity index (χ1v) is 4.17. The summed E-state index contributed by atoms with van der Waals surface area (Å²) in [7, 11) is 0. The summed E-state index contributed by atoms with van der Waals surface area (Å²) in [5, 5.41) is 0. The molecule has 1 heteroatoms. The molecule has 0 saturated heterocycles. The van der Waals surface area contributed by atoms with E-state index in [2.05, 4.69) is 38.1 Å². The highest BCUT2D eigenvalue weighted by atomic mass is 16.1. The van der Waals surface area contributed by atoms with Gasteiger partial charge in [-0.2, -0.15) is 0 Å². The number of carbonyl (C=O) groups excluding carboxylic acids is 1. The van der Waals surface area contributed by atoms with E-state index in [0.29, 0.717) is 5.92 Å². The molecule has 0 amide bonds. The standard InChI is InChI=1S/C9H12.C2H4O/c1-8(2)9-6-4-3-5-7-9;1-2-3/h3-8H,1-2H3;2H,1H3. The van der Waals surface area contributed by atoms with Crippen LogP contribution in [-0.2, 0) is 4.79 Å². The molecule has 1 aromatic rings. The zero-order chi connectivity index (χ0) is 9.40. The zero-order valence-corrected chi connectivity index (χ0v) is 7.95. The molecule has 0 aromatic heterocycles. The zero-order valence-electron chi connectivity index (χ0n) is 7.95. The fraction of sp³-hybridized carbons (Fsp3) is 0.364. The minimum absolute atomic E-state index is 0.659. The number of carbonyl (C=O) groups is 1. The topological polar surface area (TPSA) is 17.1 Å². The molecule has 0 aliphatic rings. The van der Waals surface area contributed by atoms with E-state index < -0.39 is 0 Å². The molecule has 1 nitrogen and oxygen atoms in total. The first kappa shape index (κ1) is 10.9. The van der Waals surface area contributed by atoms with Gasteiger partial charge in [0, 0.05) is 0 Å². The summed E-state index contributed by atoms with van der Waals surface area (Å²) in [6.45, 7) is 5.85. The Morgan fingerprint density at radius 3 is 1.83 bits per heavy atom. The van der Waals surface area contributed by atoms with Gasteiger partial charge < -0.3 is 4.79 Å². The largest absolute Gasteiger partial charge is 0.304 e. The van der Waals surface area contributed by atoms with Crippen molar-refractivity contribution in [2.45, 2.75) is 26.7 Å². The second-order valence-corrected chi connectivity index (χ2v) is 2.80. The Hall–Kier alpha value is -1.11. The Morgan fingerprint density at radius 1 is 1.17 bits per heavy atom. The Kier molecular flexibility index (Phi) is 5.98. The minimum Gasteiger partial charge on any atom is -0.304 e. The van der Waals surface area contributed by atoms with Crippen LogP contribution in [0.15, 0.2) is 30.3 Å². The summed E-state index contributed by atoms with van der Waals surface area (Å²) in [4.78, 5) is 8.81. The predicted octanol–water partition coefficient (Wildman–Crippen LogP) is 3.02. The van der Waals surface area contributed by atoms with Gasteiger partial charge in [0.15, 0.2) is 0 Å². The van der Waals surface area contributed by atoms with E-state index in [9.17, 15) is 0 Å². The summed E-state index contributed by atoms with van der Waals surface area (Å²) >= 11 is 0. The summed E-state index contributed by atoms with van der Waals surface area (Å²) < 4.78 is 0. The molecule has 0 aliphatic carbocycles. The third-order valence-corrected chi connectivity index (χ3v) is 1.47. The number of rotatable bonds is 1. The van der Waals surface area contributed by atoms with Crippen molar-refractivity contribution in [2.75, 3.05) is 0 Å². The van der Waals surface area contributed by atoms with Crippen LogP contribution in [0, 0.1) is 0 Å². The van der Waals surface area contributed by atoms with Crippen molar-refractivity contribution < 1.29 is 4.79 Å². The van der Waals surface area contributed by atoms with Crippen LogP contribution >= 0.6 is 0 Å². The van der Waals surface area contributed by atoms with Crippen molar-refractivity contribution in [3.8, 4) is 0 Å². The number of hydrogen-bond acceptors (Lipinski definition) is 1. The van der Waals surface area contributed by atoms with Gasteiger partial charge in [-0.25, -0.2) is 0 Å². The van der Waals surface area contributed by atoms with Gasteiger partial charge in [-0.1, -0.05) is 44.2 Å². The summed E-state index contributed by atoms with van der Waals surface area (Å²) in [5.41, 5.74) is 1.41. The molecule has 0 radical (unpaired) electrons. The second kappa shape index (κ2) is 6.59. The van der Waals surface area contributed by atoms with Crippen molar-refractivity contribution in [3.63, 3.8) is 0 Å². The summed E-state index contributed by atoms with van der Waals surface area (Å²) in [5.74, 6) is 0.659. The molecule has 66 valence electrons. The van der Waals surface area contributed by atoms with Crippen LogP contribution in [-0.4, -0.2) is 6.29 Å². The van der Waals surface area contributed by atoms with Crippen LogP contribution in [0.25, 0.3) is 0 Å². The first-order valence-electron chi connectivity index (χ1n) is 4.17. The van der Waals surface area contributed by atoms with Crippen LogP contribution in [0.4, 0.5) is 0 Å². The Labute approximate surface area is 74.4 Å². The predicted molar refractivity (Wildman–Crippen MR) is 52.3 cm³/mol. The summed E-state index contributed by atoms with van der Waals surface area (Å²) in [6, 6.07) is 10.5. The van der Waals surface area contributed by atoms with Crippen LogP contribution in [0.2, 0.25) is 0 Å². The molecule has 12 heavy (non-hydrogen) atoms. The molecular formula is C11H16O. The normalized spacial score (nSPS) is 8.67. The minimum atomic E-state index is 0.659. The van der Waals surface area contributed by atoms with Gasteiger partial charge in [0.25, 0.3) is 0 Å². The lowest BCUT2D eigenvalue weighted by atomic mass is 10.0. The van der Waals surface area contributed by atoms with Gasteiger partial charge in [-0.15, -0.1) is 0 Å². The van der Waals surface area contributed by atoms with E-state index in [-0.39, 0.29) is 0 Å². The molecular weight excluding hydrogens is 148 g/mol. The highest BCUT2D eigenvalue weighted by Gasteiger charge is 1.93. The smallest absolute Gasteiger partial charge is 0.116 e. The van der Waals surface area contributed by atoms with E-state index in [1.807, 2.05) is 6.07 Å². The van der Waals surface area contributed by atoms with Crippen LogP contribution < -0.4 is 0 Å².